The summed E-state index contributed by atoms with van der Waals surface area (Å²) in [6.07, 6.45) is 1.61. The highest BCUT2D eigenvalue weighted by Gasteiger charge is 2.26. The number of hydrogen-bond acceptors (Lipinski definition) is 4. The van der Waals surface area contributed by atoms with Gasteiger partial charge in [-0.25, -0.2) is 8.42 Å². The SMILES string of the molecule is CN(Cc1ccccc1)C(=O)CN1CCN(S(=O)(=O)/C=C\c2ccccc2)CC1. The van der Waals surface area contributed by atoms with E-state index in [0.717, 1.165) is 11.1 Å². The zero-order chi connectivity index (χ0) is 20.7. The van der Waals surface area contributed by atoms with E-state index in [-0.39, 0.29) is 5.91 Å². The molecule has 29 heavy (non-hydrogen) atoms. The van der Waals surface area contributed by atoms with Crippen molar-refractivity contribution in [3.63, 3.8) is 0 Å². The summed E-state index contributed by atoms with van der Waals surface area (Å²) in [7, 11) is -1.66. The molecule has 1 saturated heterocycles. The Balaban J connectivity index is 1.48. The second-order valence-corrected chi connectivity index (χ2v) is 8.99. The molecule has 0 aromatic heterocycles. The summed E-state index contributed by atoms with van der Waals surface area (Å²) in [5.74, 6) is 0.0362. The fourth-order valence-corrected chi connectivity index (χ4v) is 4.39. The van der Waals surface area contributed by atoms with Gasteiger partial charge in [0.25, 0.3) is 0 Å². The van der Waals surface area contributed by atoms with Gasteiger partial charge in [0.05, 0.1) is 6.54 Å². The van der Waals surface area contributed by atoms with Crippen LogP contribution in [0.1, 0.15) is 11.1 Å². The molecule has 0 saturated carbocycles. The fraction of sp³-hybridized carbons (Fsp3) is 0.318. The molecule has 0 radical (unpaired) electrons. The average Bonchev–Trinajstić information content (AvgIpc) is 2.74. The maximum atomic E-state index is 12.5. The van der Waals surface area contributed by atoms with Crippen molar-refractivity contribution in [1.29, 1.82) is 0 Å². The molecule has 0 N–H and O–H groups in total. The number of amides is 1. The lowest BCUT2D eigenvalue weighted by atomic mass is 10.2. The third kappa shape index (κ3) is 6.25. The molecule has 2 aromatic rings. The highest BCUT2D eigenvalue weighted by Crippen LogP contribution is 2.12. The van der Waals surface area contributed by atoms with Crippen molar-refractivity contribution in [2.75, 3.05) is 39.8 Å². The third-order valence-corrected chi connectivity index (χ3v) is 6.54. The van der Waals surface area contributed by atoms with Crippen molar-refractivity contribution in [2.45, 2.75) is 6.54 Å². The van der Waals surface area contributed by atoms with Crippen LogP contribution in [-0.4, -0.2) is 68.2 Å². The number of benzene rings is 2. The molecule has 0 spiro atoms. The smallest absolute Gasteiger partial charge is 0.236 e. The summed E-state index contributed by atoms with van der Waals surface area (Å²) in [6.45, 7) is 2.73. The van der Waals surface area contributed by atoms with Gasteiger partial charge in [-0.15, -0.1) is 0 Å². The van der Waals surface area contributed by atoms with E-state index in [0.29, 0.717) is 39.3 Å². The van der Waals surface area contributed by atoms with Crippen LogP contribution >= 0.6 is 0 Å². The van der Waals surface area contributed by atoms with Crippen molar-refractivity contribution in [1.82, 2.24) is 14.1 Å². The summed E-state index contributed by atoms with van der Waals surface area (Å²) >= 11 is 0. The molecule has 6 nitrogen and oxygen atoms in total. The van der Waals surface area contributed by atoms with E-state index >= 15 is 0 Å². The van der Waals surface area contributed by atoms with Gasteiger partial charge in [-0.1, -0.05) is 60.7 Å². The van der Waals surface area contributed by atoms with Gasteiger partial charge in [0.15, 0.2) is 0 Å². The lowest BCUT2D eigenvalue weighted by molar-refractivity contribution is -0.131. The van der Waals surface area contributed by atoms with Gasteiger partial charge in [0.1, 0.15) is 0 Å². The van der Waals surface area contributed by atoms with Gasteiger partial charge in [0.2, 0.25) is 15.9 Å². The zero-order valence-electron chi connectivity index (χ0n) is 16.6. The first-order valence-electron chi connectivity index (χ1n) is 9.67. The van der Waals surface area contributed by atoms with Crippen LogP contribution in [0.3, 0.4) is 0 Å². The lowest BCUT2D eigenvalue weighted by Crippen LogP contribution is -2.50. The number of nitrogens with zero attached hydrogens (tertiary/aromatic N) is 3. The van der Waals surface area contributed by atoms with Crippen molar-refractivity contribution >= 4 is 22.0 Å². The van der Waals surface area contributed by atoms with Crippen LogP contribution in [0.5, 0.6) is 0 Å². The molecule has 0 aliphatic carbocycles. The maximum absolute atomic E-state index is 12.5. The maximum Gasteiger partial charge on any atom is 0.236 e. The van der Waals surface area contributed by atoms with Crippen LogP contribution in [0.25, 0.3) is 6.08 Å². The topological polar surface area (TPSA) is 60.9 Å². The largest absolute Gasteiger partial charge is 0.340 e. The summed E-state index contributed by atoms with van der Waals surface area (Å²) in [5, 5.41) is 1.26. The van der Waals surface area contributed by atoms with Gasteiger partial charge in [0, 0.05) is 45.2 Å². The normalized spacial score (nSPS) is 16.2. The van der Waals surface area contributed by atoms with Crippen LogP contribution in [0.15, 0.2) is 66.1 Å². The van der Waals surface area contributed by atoms with E-state index in [9.17, 15) is 13.2 Å². The number of piperazine rings is 1. The van der Waals surface area contributed by atoms with Crippen molar-refractivity contribution in [3.8, 4) is 0 Å². The predicted octanol–water partition coefficient (Wildman–Crippen LogP) is 2.26. The molecule has 1 fully saturated rings. The minimum atomic E-state index is -3.46. The summed E-state index contributed by atoms with van der Waals surface area (Å²) < 4.78 is 26.6. The molecule has 1 aliphatic rings. The van der Waals surface area contributed by atoms with E-state index in [2.05, 4.69) is 0 Å². The minimum Gasteiger partial charge on any atom is -0.340 e. The summed E-state index contributed by atoms with van der Waals surface area (Å²) in [6, 6.07) is 19.2. The second kappa shape index (κ2) is 9.82. The molecule has 154 valence electrons. The van der Waals surface area contributed by atoms with Crippen LogP contribution in [0, 0.1) is 0 Å². The number of sulfonamides is 1. The number of carbonyl (C=O) groups excluding carboxylic acids is 1. The highest BCUT2D eigenvalue weighted by atomic mass is 32.2. The predicted molar refractivity (Wildman–Crippen MR) is 115 cm³/mol. The number of hydrogen-bond donors (Lipinski definition) is 0. The van der Waals surface area contributed by atoms with E-state index < -0.39 is 10.0 Å². The van der Waals surface area contributed by atoms with E-state index in [1.165, 1.54) is 9.71 Å². The summed E-state index contributed by atoms with van der Waals surface area (Å²) in [4.78, 5) is 16.2. The first kappa shape index (κ1) is 21.2. The van der Waals surface area contributed by atoms with Crippen molar-refractivity contribution in [2.24, 2.45) is 0 Å². The molecule has 0 bridgehead atoms. The zero-order valence-corrected chi connectivity index (χ0v) is 17.5. The Morgan fingerprint density at radius 1 is 0.966 bits per heavy atom. The van der Waals surface area contributed by atoms with Gasteiger partial charge in [-0.3, -0.25) is 9.69 Å². The standard InChI is InChI=1S/C22H27N3O3S/c1-23(18-21-10-6-3-7-11-21)22(26)19-24-13-15-25(16-14-24)29(27,28)17-12-20-8-4-2-5-9-20/h2-12,17H,13-16,18-19H2,1H3/b17-12-. The highest BCUT2D eigenvalue weighted by molar-refractivity contribution is 7.92. The first-order valence-corrected chi connectivity index (χ1v) is 11.2. The molecule has 1 amide bonds. The van der Waals surface area contributed by atoms with Gasteiger partial charge < -0.3 is 4.90 Å². The Bertz CT molecular complexity index is 922. The Labute approximate surface area is 173 Å². The van der Waals surface area contributed by atoms with Gasteiger partial charge in [-0.05, 0) is 17.2 Å². The molecular formula is C22H27N3O3S. The molecule has 1 aliphatic heterocycles. The molecule has 1 heterocycles. The number of likely N-dealkylation sites (N-methyl/N-ethyl adjacent to an activating group) is 1. The molecule has 7 heteroatoms. The van der Waals surface area contributed by atoms with Crippen molar-refractivity contribution in [3.05, 3.63) is 77.2 Å². The van der Waals surface area contributed by atoms with Crippen LogP contribution in [-0.2, 0) is 21.4 Å². The molecule has 0 unspecified atom stereocenters. The first-order chi connectivity index (χ1) is 13.9. The Hall–Kier alpha value is -2.48. The Morgan fingerprint density at radius 2 is 1.55 bits per heavy atom. The van der Waals surface area contributed by atoms with Crippen LogP contribution < -0.4 is 0 Å². The quantitative estimate of drug-likeness (QED) is 0.699. The molecule has 0 atom stereocenters. The monoisotopic (exact) mass is 413 g/mol. The Morgan fingerprint density at radius 3 is 2.17 bits per heavy atom. The van der Waals surface area contributed by atoms with Crippen molar-refractivity contribution < 1.29 is 13.2 Å². The summed E-state index contributed by atoms with van der Waals surface area (Å²) in [5.41, 5.74) is 1.94. The average molecular weight is 414 g/mol. The number of carbonyl (C=O) groups is 1. The number of rotatable bonds is 7. The second-order valence-electron chi connectivity index (χ2n) is 7.17. The lowest BCUT2D eigenvalue weighted by Gasteiger charge is -2.33. The van der Waals surface area contributed by atoms with Crippen LogP contribution in [0.4, 0.5) is 0 Å². The molecular weight excluding hydrogens is 386 g/mol. The van der Waals surface area contributed by atoms with Crippen LogP contribution in [0.2, 0.25) is 0 Å². The molecule has 2 aromatic carbocycles. The van der Waals surface area contributed by atoms with E-state index in [4.69, 9.17) is 0 Å². The fourth-order valence-electron chi connectivity index (χ4n) is 3.21. The minimum absolute atomic E-state index is 0.0362. The Kier molecular flexibility index (Phi) is 7.19. The van der Waals surface area contributed by atoms with Gasteiger partial charge in [-0.2, -0.15) is 4.31 Å². The van der Waals surface area contributed by atoms with E-state index in [1.807, 2.05) is 65.6 Å². The molecule has 3 rings (SSSR count). The third-order valence-electron chi connectivity index (χ3n) is 4.97. The van der Waals surface area contributed by atoms with E-state index in [1.54, 1.807) is 18.0 Å². The van der Waals surface area contributed by atoms with Gasteiger partial charge >= 0.3 is 0 Å².